The van der Waals surface area contributed by atoms with Gasteiger partial charge in [-0.3, -0.25) is 0 Å². The first-order valence-corrected chi connectivity index (χ1v) is 12.6. The molecule has 11 heteroatoms. The average Bonchev–Trinajstić information content (AvgIpc) is 3.32. The van der Waals surface area contributed by atoms with E-state index >= 15 is 0 Å². The van der Waals surface area contributed by atoms with Crippen molar-refractivity contribution < 1.29 is 23.7 Å². The maximum absolute atomic E-state index is 14.1. The van der Waals surface area contributed by atoms with Gasteiger partial charge in [-0.05, 0) is 36.8 Å². The minimum Gasteiger partial charge on any atom is -0.483 e. The Balaban J connectivity index is 1.47. The van der Waals surface area contributed by atoms with Crippen molar-refractivity contribution in [2.75, 3.05) is 31.0 Å². The number of hydrogen-bond acceptors (Lipinski definition) is 8. The Morgan fingerprint density at radius 1 is 1.18 bits per heavy atom. The molecule has 2 N–H and O–H groups in total. The standard InChI is InChI=1S/C22H22ClFN4O4S/c1-33(2)28-12-6-13(23)19-15(7-12)25-10-26-22(19)27-14-4-3-11(24)5-17(14)32-18-9-31-20-16(29)8-30-21(18)20/h3-7,10,16,18,20-21,29H,8-9H2,1-2H3,(H,25,26,27). The highest BCUT2D eigenvalue weighted by molar-refractivity contribution is 7.85. The summed E-state index contributed by atoms with van der Waals surface area (Å²) in [7, 11) is -0.148. The lowest BCUT2D eigenvalue weighted by molar-refractivity contribution is 0.00871. The molecule has 0 spiro atoms. The predicted octanol–water partition coefficient (Wildman–Crippen LogP) is 3.76. The molecule has 174 valence electrons. The van der Waals surface area contributed by atoms with E-state index in [0.717, 1.165) is 5.69 Å². The third-order valence-electron chi connectivity index (χ3n) is 5.42. The van der Waals surface area contributed by atoms with E-state index in [0.29, 0.717) is 27.4 Å². The van der Waals surface area contributed by atoms with Crippen molar-refractivity contribution in [3.05, 3.63) is 47.5 Å². The number of rotatable bonds is 5. The van der Waals surface area contributed by atoms with Gasteiger partial charge in [0.25, 0.3) is 0 Å². The van der Waals surface area contributed by atoms with Gasteiger partial charge in [0.15, 0.2) is 6.10 Å². The summed E-state index contributed by atoms with van der Waals surface area (Å²) >= 11 is 6.57. The molecule has 1 aromatic heterocycles. The van der Waals surface area contributed by atoms with Crippen LogP contribution < -0.4 is 10.1 Å². The van der Waals surface area contributed by atoms with Crippen LogP contribution in [0.25, 0.3) is 10.9 Å². The predicted molar refractivity (Wildman–Crippen MR) is 125 cm³/mol. The SMILES string of the molecule is CS(C)=Nc1cc(Cl)c2c(Nc3ccc(F)cc3OC3COC4C(O)COC34)ncnc2c1. The third-order valence-corrected chi connectivity index (χ3v) is 6.29. The van der Waals surface area contributed by atoms with Crippen LogP contribution in [0.15, 0.2) is 41.0 Å². The summed E-state index contributed by atoms with van der Waals surface area (Å²) in [4.78, 5) is 8.68. The van der Waals surface area contributed by atoms with E-state index in [9.17, 15) is 9.50 Å². The van der Waals surface area contributed by atoms with Crippen molar-refractivity contribution in [1.29, 1.82) is 0 Å². The van der Waals surface area contributed by atoms with Gasteiger partial charge >= 0.3 is 0 Å². The summed E-state index contributed by atoms with van der Waals surface area (Å²) in [5, 5.41) is 14.2. The van der Waals surface area contributed by atoms with Gasteiger partial charge in [0, 0.05) is 6.07 Å². The Bertz CT molecular complexity index is 1240. The lowest BCUT2D eigenvalue weighted by Crippen LogP contribution is -2.34. The van der Waals surface area contributed by atoms with Gasteiger partial charge in [-0.25, -0.2) is 18.7 Å². The van der Waals surface area contributed by atoms with Crippen molar-refractivity contribution in [3.8, 4) is 5.75 Å². The van der Waals surface area contributed by atoms with Crippen molar-refractivity contribution >= 4 is 50.4 Å². The van der Waals surface area contributed by atoms with E-state index in [1.54, 1.807) is 12.1 Å². The molecule has 2 aliphatic rings. The molecule has 5 rings (SSSR count). The van der Waals surface area contributed by atoms with Crippen molar-refractivity contribution in [3.63, 3.8) is 0 Å². The topological polar surface area (TPSA) is 98.1 Å². The first-order valence-electron chi connectivity index (χ1n) is 10.3. The molecule has 0 bridgehead atoms. The molecule has 2 saturated heterocycles. The van der Waals surface area contributed by atoms with E-state index in [2.05, 4.69) is 19.6 Å². The van der Waals surface area contributed by atoms with Crippen LogP contribution in [0.1, 0.15) is 0 Å². The Labute approximate surface area is 197 Å². The summed E-state index contributed by atoms with van der Waals surface area (Å²) < 4.78 is 35.9. The fourth-order valence-electron chi connectivity index (χ4n) is 4.02. The minimum absolute atomic E-state index is 0.148. The number of fused-ring (bicyclic) bond motifs is 2. The fraction of sp³-hybridized carbons (Fsp3) is 0.364. The fourth-order valence-corrected chi connectivity index (χ4v) is 4.84. The van der Waals surface area contributed by atoms with E-state index in [1.165, 1.54) is 18.5 Å². The second-order valence-corrected chi connectivity index (χ2v) is 10.1. The quantitative estimate of drug-likeness (QED) is 0.559. The second kappa shape index (κ2) is 9.11. The largest absolute Gasteiger partial charge is 0.483 e. The number of aliphatic hydroxyl groups excluding tert-OH is 1. The van der Waals surface area contributed by atoms with E-state index in [1.807, 2.05) is 18.6 Å². The zero-order chi connectivity index (χ0) is 23.1. The van der Waals surface area contributed by atoms with Crippen LogP contribution in [-0.2, 0) is 20.2 Å². The first-order chi connectivity index (χ1) is 15.9. The zero-order valence-electron chi connectivity index (χ0n) is 17.9. The summed E-state index contributed by atoms with van der Waals surface area (Å²) in [6.45, 7) is 0.411. The molecule has 3 heterocycles. The van der Waals surface area contributed by atoms with Gasteiger partial charge in [0.1, 0.15) is 42.0 Å². The molecule has 8 nitrogen and oxygen atoms in total. The number of ether oxygens (including phenoxy) is 3. The molecule has 0 amide bonds. The molecule has 4 atom stereocenters. The molecule has 0 radical (unpaired) electrons. The van der Waals surface area contributed by atoms with Gasteiger partial charge in [0.05, 0.1) is 40.5 Å². The highest BCUT2D eigenvalue weighted by Crippen LogP contribution is 2.37. The maximum atomic E-state index is 14.1. The summed E-state index contributed by atoms with van der Waals surface area (Å²) in [5.41, 5.74) is 1.87. The number of aromatic nitrogens is 2. The molecule has 2 fully saturated rings. The molecule has 3 aromatic rings. The van der Waals surface area contributed by atoms with Crippen molar-refractivity contribution in [2.45, 2.75) is 24.4 Å². The molecule has 2 aliphatic heterocycles. The molecular weight excluding hydrogens is 471 g/mol. The molecule has 0 aliphatic carbocycles. The number of anilines is 2. The van der Waals surface area contributed by atoms with Crippen LogP contribution in [0.3, 0.4) is 0 Å². The first kappa shape index (κ1) is 22.4. The number of nitrogens with zero attached hydrogens (tertiary/aromatic N) is 3. The normalized spacial score (nSPS) is 24.3. The average molecular weight is 493 g/mol. The number of halogens is 2. The highest BCUT2D eigenvalue weighted by atomic mass is 35.5. The number of hydrogen-bond donors (Lipinski definition) is 2. The monoisotopic (exact) mass is 492 g/mol. The van der Waals surface area contributed by atoms with E-state index in [4.69, 9.17) is 25.8 Å². The zero-order valence-corrected chi connectivity index (χ0v) is 19.4. The third kappa shape index (κ3) is 4.53. The molecule has 33 heavy (non-hydrogen) atoms. The Morgan fingerprint density at radius 3 is 2.82 bits per heavy atom. The summed E-state index contributed by atoms with van der Waals surface area (Å²) in [6.07, 6.45) is 3.39. The number of aliphatic hydroxyl groups is 1. The van der Waals surface area contributed by atoms with Gasteiger partial charge in [0.2, 0.25) is 0 Å². The molecular formula is C22H22ClFN4O4S. The summed E-state index contributed by atoms with van der Waals surface area (Å²) in [5.74, 6) is 0.266. The minimum atomic E-state index is -0.698. The lowest BCUT2D eigenvalue weighted by atomic mass is 10.1. The molecule has 0 saturated carbocycles. The van der Waals surface area contributed by atoms with Gasteiger partial charge in [-0.1, -0.05) is 11.6 Å². The molecule has 4 unspecified atom stereocenters. The van der Waals surface area contributed by atoms with Crippen molar-refractivity contribution in [2.24, 2.45) is 4.36 Å². The van der Waals surface area contributed by atoms with E-state index < -0.39 is 30.2 Å². The number of benzene rings is 2. The van der Waals surface area contributed by atoms with Crippen LogP contribution in [0.2, 0.25) is 5.02 Å². The van der Waals surface area contributed by atoms with Crippen molar-refractivity contribution in [1.82, 2.24) is 9.97 Å². The van der Waals surface area contributed by atoms with Gasteiger partial charge in [-0.15, -0.1) is 10.7 Å². The van der Waals surface area contributed by atoms with Gasteiger partial charge < -0.3 is 24.6 Å². The van der Waals surface area contributed by atoms with Crippen LogP contribution in [0, 0.1) is 5.82 Å². The maximum Gasteiger partial charge on any atom is 0.151 e. The highest BCUT2D eigenvalue weighted by Gasteiger charge is 2.48. The van der Waals surface area contributed by atoms with Crippen LogP contribution in [0.4, 0.5) is 21.6 Å². The number of nitrogens with one attached hydrogen (secondary N) is 1. The second-order valence-electron chi connectivity index (χ2n) is 7.99. The van der Waals surface area contributed by atoms with Crippen LogP contribution in [0.5, 0.6) is 5.75 Å². The Morgan fingerprint density at radius 2 is 2.00 bits per heavy atom. The van der Waals surface area contributed by atoms with Crippen LogP contribution in [-0.4, -0.2) is 65.2 Å². The van der Waals surface area contributed by atoms with Crippen LogP contribution >= 0.6 is 11.6 Å². The molecule has 2 aromatic carbocycles. The lowest BCUT2D eigenvalue weighted by Gasteiger charge is -2.20. The summed E-state index contributed by atoms with van der Waals surface area (Å²) in [6, 6.07) is 7.79. The smallest absolute Gasteiger partial charge is 0.151 e. The van der Waals surface area contributed by atoms with Gasteiger partial charge in [-0.2, -0.15) is 0 Å². The Hall–Kier alpha value is -2.37. The van der Waals surface area contributed by atoms with E-state index in [-0.39, 0.29) is 29.7 Å². The Kier molecular flexibility index (Phi) is 6.19.